The first-order valence-corrected chi connectivity index (χ1v) is 4.04. The molecule has 0 aromatic heterocycles. The Hall–Kier alpha value is -0.520. The number of nitrogens with zero attached hydrogens (tertiary/aromatic N) is 1. The largest absolute Gasteiger partial charge is 0.320 e. The van der Waals surface area contributed by atoms with Crippen molar-refractivity contribution >= 4 is 0 Å². The topological polar surface area (TPSA) is 15.3 Å². The lowest BCUT2D eigenvalue weighted by atomic mass is 10.4. The van der Waals surface area contributed by atoms with E-state index in [4.69, 9.17) is 0 Å². The van der Waals surface area contributed by atoms with Gasteiger partial charge in [-0.2, -0.15) is 0 Å². The van der Waals surface area contributed by atoms with Gasteiger partial charge in [0, 0.05) is 0 Å². The number of nitrogens with one attached hydrogen (secondary N) is 1. The quantitative estimate of drug-likeness (QED) is 0.459. The summed E-state index contributed by atoms with van der Waals surface area (Å²) >= 11 is 0. The SMILES string of the molecule is CC#CCN(C)CCCNC. The maximum absolute atomic E-state index is 3.12. The monoisotopic (exact) mass is 154 g/mol. The molecule has 0 spiro atoms. The van der Waals surface area contributed by atoms with E-state index >= 15 is 0 Å². The number of hydrogen-bond donors (Lipinski definition) is 1. The van der Waals surface area contributed by atoms with Gasteiger partial charge in [-0.05, 0) is 40.5 Å². The van der Waals surface area contributed by atoms with Gasteiger partial charge in [0.1, 0.15) is 0 Å². The summed E-state index contributed by atoms with van der Waals surface area (Å²) in [4.78, 5) is 2.23. The second kappa shape index (κ2) is 7.59. The molecule has 0 fully saturated rings. The third kappa shape index (κ3) is 7.38. The van der Waals surface area contributed by atoms with Crippen molar-refractivity contribution in [3.8, 4) is 11.8 Å². The van der Waals surface area contributed by atoms with Crippen LogP contribution in [0.25, 0.3) is 0 Å². The van der Waals surface area contributed by atoms with Crippen molar-refractivity contribution in [2.75, 3.05) is 33.7 Å². The van der Waals surface area contributed by atoms with Gasteiger partial charge in [0.2, 0.25) is 0 Å². The van der Waals surface area contributed by atoms with E-state index in [0.29, 0.717) is 0 Å². The minimum atomic E-state index is 0.889. The Kier molecular flexibility index (Phi) is 7.23. The molecular formula is C9H18N2. The highest BCUT2D eigenvalue weighted by Crippen LogP contribution is 1.83. The fourth-order valence-corrected chi connectivity index (χ4v) is 0.819. The van der Waals surface area contributed by atoms with Gasteiger partial charge in [0.15, 0.2) is 0 Å². The third-order valence-electron chi connectivity index (χ3n) is 1.49. The molecule has 0 saturated heterocycles. The molecule has 0 radical (unpaired) electrons. The molecule has 0 atom stereocenters. The Morgan fingerprint density at radius 3 is 2.73 bits per heavy atom. The average Bonchev–Trinajstić information content (AvgIpc) is 2.01. The number of hydrogen-bond acceptors (Lipinski definition) is 2. The van der Waals surface area contributed by atoms with Gasteiger partial charge in [-0.25, -0.2) is 0 Å². The highest BCUT2D eigenvalue weighted by atomic mass is 15.1. The van der Waals surface area contributed by atoms with Gasteiger partial charge in [0.05, 0.1) is 6.54 Å². The van der Waals surface area contributed by atoms with Crippen molar-refractivity contribution in [1.82, 2.24) is 10.2 Å². The van der Waals surface area contributed by atoms with E-state index in [2.05, 4.69) is 29.1 Å². The van der Waals surface area contributed by atoms with E-state index in [-0.39, 0.29) is 0 Å². The maximum Gasteiger partial charge on any atom is 0.0598 e. The van der Waals surface area contributed by atoms with Crippen LogP contribution in [0.4, 0.5) is 0 Å². The molecule has 0 aromatic rings. The molecule has 2 nitrogen and oxygen atoms in total. The standard InChI is InChI=1S/C9H18N2/c1-4-5-8-11(3)9-6-7-10-2/h10H,6-9H2,1-3H3. The van der Waals surface area contributed by atoms with Crippen LogP contribution < -0.4 is 5.32 Å². The lowest BCUT2D eigenvalue weighted by molar-refractivity contribution is 0.367. The molecule has 0 aliphatic carbocycles. The summed E-state index contributed by atoms with van der Waals surface area (Å²) in [5.74, 6) is 5.91. The van der Waals surface area contributed by atoms with Crippen LogP contribution >= 0.6 is 0 Å². The zero-order chi connectivity index (χ0) is 8.53. The molecule has 0 amide bonds. The molecule has 0 rings (SSSR count). The predicted octanol–water partition coefficient (Wildman–Crippen LogP) is 0.551. The van der Waals surface area contributed by atoms with E-state index in [9.17, 15) is 0 Å². The van der Waals surface area contributed by atoms with E-state index in [1.807, 2.05) is 14.0 Å². The Morgan fingerprint density at radius 2 is 2.18 bits per heavy atom. The fraction of sp³-hybridized carbons (Fsp3) is 0.778. The molecule has 0 aliphatic rings. The van der Waals surface area contributed by atoms with Gasteiger partial charge >= 0.3 is 0 Å². The zero-order valence-electron chi connectivity index (χ0n) is 7.78. The Labute approximate surface area is 70.0 Å². The van der Waals surface area contributed by atoms with Crippen molar-refractivity contribution in [3.05, 3.63) is 0 Å². The highest BCUT2D eigenvalue weighted by Gasteiger charge is 1.92. The molecule has 0 saturated carbocycles. The summed E-state index contributed by atoms with van der Waals surface area (Å²) in [6.07, 6.45) is 1.19. The molecule has 1 N–H and O–H groups in total. The molecule has 11 heavy (non-hydrogen) atoms. The minimum absolute atomic E-state index is 0.889. The van der Waals surface area contributed by atoms with Crippen LogP contribution in [0.15, 0.2) is 0 Å². The summed E-state index contributed by atoms with van der Waals surface area (Å²) in [7, 11) is 4.08. The molecule has 64 valence electrons. The summed E-state index contributed by atoms with van der Waals surface area (Å²) in [6.45, 7) is 4.97. The van der Waals surface area contributed by atoms with Crippen molar-refractivity contribution in [2.24, 2.45) is 0 Å². The molecule has 2 heteroatoms. The molecule has 0 unspecified atom stereocenters. The highest BCUT2D eigenvalue weighted by molar-refractivity contribution is 4.97. The van der Waals surface area contributed by atoms with Gasteiger partial charge in [-0.3, -0.25) is 4.90 Å². The van der Waals surface area contributed by atoms with Crippen LogP contribution in [0.2, 0.25) is 0 Å². The minimum Gasteiger partial charge on any atom is -0.320 e. The van der Waals surface area contributed by atoms with Gasteiger partial charge in [0.25, 0.3) is 0 Å². The first-order chi connectivity index (χ1) is 5.31. The zero-order valence-corrected chi connectivity index (χ0v) is 7.78. The van der Waals surface area contributed by atoms with Crippen LogP contribution in [0.5, 0.6) is 0 Å². The average molecular weight is 154 g/mol. The van der Waals surface area contributed by atoms with Crippen molar-refractivity contribution in [3.63, 3.8) is 0 Å². The van der Waals surface area contributed by atoms with E-state index in [0.717, 1.165) is 19.6 Å². The van der Waals surface area contributed by atoms with Crippen LogP contribution in [0, 0.1) is 11.8 Å². The van der Waals surface area contributed by atoms with Crippen LogP contribution in [-0.4, -0.2) is 38.6 Å². The van der Waals surface area contributed by atoms with Crippen molar-refractivity contribution < 1.29 is 0 Å². The fourth-order valence-electron chi connectivity index (χ4n) is 0.819. The molecular weight excluding hydrogens is 136 g/mol. The first-order valence-electron chi connectivity index (χ1n) is 4.04. The second-order valence-electron chi connectivity index (χ2n) is 2.62. The van der Waals surface area contributed by atoms with Crippen molar-refractivity contribution in [1.29, 1.82) is 0 Å². The van der Waals surface area contributed by atoms with Gasteiger partial charge in [-0.1, -0.05) is 5.92 Å². The van der Waals surface area contributed by atoms with Crippen molar-refractivity contribution in [2.45, 2.75) is 13.3 Å². The summed E-state index contributed by atoms with van der Waals surface area (Å²) in [5.41, 5.74) is 0. The lowest BCUT2D eigenvalue weighted by Gasteiger charge is -2.11. The summed E-state index contributed by atoms with van der Waals surface area (Å²) < 4.78 is 0. The summed E-state index contributed by atoms with van der Waals surface area (Å²) in [5, 5.41) is 3.12. The predicted molar refractivity (Wildman–Crippen MR) is 49.5 cm³/mol. The first kappa shape index (κ1) is 10.5. The Balaban J connectivity index is 3.19. The lowest BCUT2D eigenvalue weighted by Crippen LogP contribution is -2.23. The molecule has 0 aliphatic heterocycles. The van der Waals surface area contributed by atoms with E-state index in [1.54, 1.807) is 0 Å². The van der Waals surface area contributed by atoms with E-state index < -0.39 is 0 Å². The van der Waals surface area contributed by atoms with Crippen LogP contribution in [0.1, 0.15) is 13.3 Å². The van der Waals surface area contributed by atoms with Crippen LogP contribution in [-0.2, 0) is 0 Å². The Bertz CT molecular complexity index is 132. The second-order valence-corrected chi connectivity index (χ2v) is 2.62. The normalized spacial score (nSPS) is 9.45. The third-order valence-corrected chi connectivity index (χ3v) is 1.49. The van der Waals surface area contributed by atoms with Gasteiger partial charge in [-0.15, -0.1) is 5.92 Å². The molecule has 0 bridgehead atoms. The molecule has 0 aromatic carbocycles. The Morgan fingerprint density at radius 1 is 1.45 bits per heavy atom. The smallest absolute Gasteiger partial charge is 0.0598 e. The van der Waals surface area contributed by atoms with Crippen LogP contribution in [0.3, 0.4) is 0 Å². The maximum atomic E-state index is 3.12. The van der Waals surface area contributed by atoms with Gasteiger partial charge < -0.3 is 5.32 Å². The summed E-state index contributed by atoms with van der Waals surface area (Å²) in [6, 6.07) is 0. The molecule has 0 heterocycles. The number of rotatable bonds is 5. The van der Waals surface area contributed by atoms with E-state index in [1.165, 1.54) is 6.42 Å².